The molecule has 21 heteroatoms. The second-order valence-electron chi connectivity index (χ2n) is 22.5. The van der Waals surface area contributed by atoms with E-state index in [1.165, 1.54) is 83.1 Å². The number of alkyl halides is 2. The van der Waals surface area contributed by atoms with Crippen molar-refractivity contribution in [2.75, 3.05) is 31.9 Å². The second kappa shape index (κ2) is 26.9. The fourth-order valence-electron chi connectivity index (χ4n) is 9.39. The van der Waals surface area contributed by atoms with Gasteiger partial charge < -0.3 is 31.9 Å². The summed E-state index contributed by atoms with van der Waals surface area (Å²) < 4.78 is 26.0. The molecular formula is C60H82F2N18O. The average molecular weight is 1110 g/mol. The van der Waals surface area contributed by atoms with Crippen LogP contribution in [0.2, 0.25) is 0 Å². The molecule has 0 aliphatic heterocycles. The number of carbonyl (C=O) groups is 1. The van der Waals surface area contributed by atoms with Crippen molar-refractivity contribution < 1.29 is 13.6 Å². The van der Waals surface area contributed by atoms with E-state index in [1.54, 1.807) is 30.3 Å². The Labute approximate surface area is 476 Å². The van der Waals surface area contributed by atoms with Crippen molar-refractivity contribution in [3.63, 3.8) is 0 Å². The van der Waals surface area contributed by atoms with Crippen LogP contribution < -0.4 is 31.9 Å². The van der Waals surface area contributed by atoms with Gasteiger partial charge in [-0.05, 0) is 197 Å². The Balaban J connectivity index is 0.000000157. The summed E-state index contributed by atoms with van der Waals surface area (Å²) in [7, 11) is 0. The van der Waals surface area contributed by atoms with Crippen molar-refractivity contribution in [1.82, 2.24) is 59.8 Å². The van der Waals surface area contributed by atoms with Crippen LogP contribution in [-0.2, 0) is 0 Å². The molecule has 6 aliphatic carbocycles. The topological polar surface area (TPSA) is 244 Å². The fourth-order valence-corrected chi connectivity index (χ4v) is 9.39. The molecule has 0 saturated heterocycles. The standard InChI is InChI=1S/C20H26N6.C19H24F2N6.C19H24N6O.2CH4/c1-4-16-6-5-7-17(23-16)18-24-19(21-12(2)14-8-9-14)26-20(25-18)22-13(3)15-10-11-15;1-10(12-6-7-12)22-18-25-17(15-5-3-4-14(24-15)16(20)21)26-19(27-18)23-11(2)13-8-9-13;1-11(13-6-7-13)20-18-23-17(16-5-3-4-15(10-26)22-16)24-19(25-18)21-12(2)14-8-9-14;;/h4-7,12-15H,1,8-11H2,2-3H3,(H2,21,22,24,25,26);3-5,10-13,16H,6-9H2,1-2H3,(H2,22,23,25,26,27);3-5,10-14H,6-9H2,1-2H3,(H2,20,21,23,24,25);2*1H4/t12-,13-;10-,11-;11-,12-;;/m111../s1. The molecule has 19 nitrogen and oxygen atoms in total. The predicted molar refractivity (Wildman–Crippen MR) is 318 cm³/mol. The lowest BCUT2D eigenvalue weighted by Gasteiger charge is -2.17. The van der Waals surface area contributed by atoms with E-state index in [1.807, 2.05) is 24.3 Å². The van der Waals surface area contributed by atoms with Crippen LogP contribution in [0.15, 0.2) is 61.2 Å². The number of aldehydes is 1. The molecule has 6 fully saturated rings. The monoisotopic (exact) mass is 1110 g/mol. The number of halogens is 2. The Kier molecular flexibility index (Phi) is 19.8. The predicted octanol–water partition coefficient (Wildman–Crippen LogP) is 12.7. The summed E-state index contributed by atoms with van der Waals surface area (Å²) in [6.45, 7) is 16.7. The summed E-state index contributed by atoms with van der Waals surface area (Å²) in [5.74, 6) is 8.68. The molecule has 0 aromatic carbocycles. The van der Waals surface area contributed by atoms with Crippen LogP contribution in [0.1, 0.15) is 162 Å². The highest BCUT2D eigenvalue weighted by Crippen LogP contribution is 2.38. The van der Waals surface area contributed by atoms with Gasteiger partial charge in [-0.25, -0.2) is 23.7 Å². The lowest BCUT2D eigenvalue weighted by molar-refractivity contribution is 0.111. The Morgan fingerprint density at radius 2 is 0.654 bits per heavy atom. The number of carbonyl (C=O) groups excluding carboxylic acids is 1. The van der Waals surface area contributed by atoms with E-state index in [4.69, 9.17) is 0 Å². The van der Waals surface area contributed by atoms with Gasteiger partial charge in [-0.1, -0.05) is 39.6 Å². The zero-order chi connectivity index (χ0) is 55.2. The molecule has 81 heavy (non-hydrogen) atoms. The third kappa shape index (κ3) is 17.3. The molecule has 0 unspecified atom stereocenters. The van der Waals surface area contributed by atoms with E-state index in [-0.39, 0.29) is 32.6 Å². The van der Waals surface area contributed by atoms with Gasteiger partial charge in [0.25, 0.3) is 6.43 Å². The van der Waals surface area contributed by atoms with Crippen LogP contribution in [0, 0.1) is 35.5 Å². The first-order valence-electron chi connectivity index (χ1n) is 28.4. The number of hydrogen-bond acceptors (Lipinski definition) is 19. The lowest BCUT2D eigenvalue weighted by atomic mass is 10.2. The molecule has 0 amide bonds. The normalized spacial score (nSPS) is 18.4. The minimum absolute atomic E-state index is 0. The number of nitrogens with one attached hydrogen (secondary N) is 6. The summed E-state index contributed by atoms with van der Waals surface area (Å²) in [4.78, 5) is 64.8. The largest absolute Gasteiger partial charge is 0.351 e. The molecule has 6 atom stereocenters. The van der Waals surface area contributed by atoms with Crippen LogP contribution in [0.4, 0.5) is 44.5 Å². The summed E-state index contributed by atoms with van der Waals surface area (Å²) in [6, 6.07) is 17.5. The van der Waals surface area contributed by atoms with Gasteiger partial charge in [0.1, 0.15) is 28.5 Å². The first-order valence-corrected chi connectivity index (χ1v) is 28.4. The summed E-state index contributed by atoms with van der Waals surface area (Å²) in [5.41, 5.74) is 2.51. The molecule has 6 aromatic heterocycles. The van der Waals surface area contributed by atoms with Crippen molar-refractivity contribution in [3.05, 3.63) is 78.3 Å². The molecule has 0 radical (unpaired) electrons. The zero-order valence-electron chi connectivity index (χ0n) is 46.1. The quantitative estimate of drug-likeness (QED) is 0.0309. The number of nitrogens with zero attached hydrogens (tertiary/aromatic N) is 12. The zero-order valence-corrected chi connectivity index (χ0v) is 46.1. The highest BCUT2D eigenvalue weighted by Gasteiger charge is 2.33. The molecule has 6 saturated carbocycles. The minimum atomic E-state index is -2.63. The van der Waals surface area contributed by atoms with Crippen molar-refractivity contribution >= 4 is 48.1 Å². The molecule has 6 aromatic rings. The van der Waals surface area contributed by atoms with Gasteiger partial charge in [-0.15, -0.1) is 0 Å². The SMILES string of the molecule is C.C.C=Cc1cccc(-c2nc(N[C@H](C)C3CC3)nc(N[C@H](C)C3CC3)n2)n1.C[C@@H](Nc1nc(N[C@H](C)C2CC2)nc(-c2cccc(C(F)F)n2)n1)C1CC1.C[C@@H](Nc1nc(N[C@H](C)C2CC2)nc(-c2cccc(C=O)n2)n1)C1CC1. The van der Waals surface area contributed by atoms with E-state index < -0.39 is 6.43 Å². The Morgan fingerprint density at radius 1 is 0.395 bits per heavy atom. The van der Waals surface area contributed by atoms with E-state index in [0.29, 0.717) is 118 Å². The molecule has 0 bridgehead atoms. The fraction of sp³-hybridized carbons (Fsp3) is 0.550. The third-order valence-corrected chi connectivity index (χ3v) is 15.6. The van der Waals surface area contributed by atoms with Crippen LogP contribution >= 0.6 is 0 Å². The van der Waals surface area contributed by atoms with E-state index >= 15 is 0 Å². The molecule has 0 spiro atoms. The minimum Gasteiger partial charge on any atom is -0.351 e. The summed E-state index contributed by atoms with van der Waals surface area (Å²) in [5, 5.41) is 20.4. The summed E-state index contributed by atoms with van der Waals surface area (Å²) >= 11 is 0. The van der Waals surface area contributed by atoms with Gasteiger partial charge in [0.15, 0.2) is 23.8 Å². The number of aromatic nitrogens is 12. The van der Waals surface area contributed by atoms with Gasteiger partial charge in [0.2, 0.25) is 35.7 Å². The number of hydrogen-bond donors (Lipinski definition) is 6. The Bertz CT molecular complexity index is 2800. The van der Waals surface area contributed by atoms with Gasteiger partial charge >= 0.3 is 0 Å². The van der Waals surface area contributed by atoms with Gasteiger partial charge in [0.05, 0.1) is 5.69 Å². The van der Waals surface area contributed by atoms with Gasteiger partial charge in [-0.2, -0.15) is 44.9 Å². The first-order chi connectivity index (χ1) is 38.2. The molecule has 432 valence electrons. The first kappa shape index (κ1) is 59.7. The van der Waals surface area contributed by atoms with E-state index in [0.717, 1.165) is 29.5 Å². The average Bonchev–Trinajstić information content (AvgIpc) is 4.23. The van der Waals surface area contributed by atoms with Crippen molar-refractivity contribution in [1.29, 1.82) is 0 Å². The number of pyridine rings is 3. The highest BCUT2D eigenvalue weighted by molar-refractivity contribution is 5.73. The third-order valence-electron chi connectivity index (χ3n) is 15.6. The van der Waals surface area contributed by atoms with Crippen LogP contribution in [-0.4, -0.2) is 102 Å². The van der Waals surface area contributed by atoms with E-state index in [2.05, 4.69) is 140 Å². The highest BCUT2D eigenvalue weighted by atomic mass is 19.3. The maximum atomic E-state index is 13.0. The Morgan fingerprint density at radius 3 is 0.914 bits per heavy atom. The van der Waals surface area contributed by atoms with Gasteiger partial charge in [0, 0.05) is 36.3 Å². The Hall–Kier alpha value is -7.45. The van der Waals surface area contributed by atoms with Crippen LogP contribution in [0.5, 0.6) is 0 Å². The molecular weight excluding hydrogens is 1030 g/mol. The van der Waals surface area contributed by atoms with Crippen LogP contribution in [0.25, 0.3) is 40.6 Å². The van der Waals surface area contributed by atoms with Crippen LogP contribution in [0.3, 0.4) is 0 Å². The van der Waals surface area contributed by atoms with Gasteiger partial charge in [-0.3, -0.25) is 4.79 Å². The summed E-state index contributed by atoms with van der Waals surface area (Å²) in [6.07, 6.45) is 14.7. The molecule has 6 heterocycles. The molecule has 6 N–H and O–H groups in total. The molecule has 6 aliphatic rings. The van der Waals surface area contributed by atoms with Crippen molar-refractivity contribution in [2.24, 2.45) is 35.5 Å². The maximum absolute atomic E-state index is 13.0. The van der Waals surface area contributed by atoms with Crippen molar-refractivity contribution in [2.45, 2.75) is 176 Å². The number of anilines is 6. The van der Waals surface area contributed by atoms with Crippen molar-refractivity contribution in [3.8, 4) is 34.6 Å². The molecule has 12 rings (SSSR count). The lowest BCUT2D eigenvalue weighted by Crippen LogP contribution is -2.23. The second-order valence-corrected chi connectivity index (χ2v) is 22.5. The number of rotatable bonds is 24. The smallest absolute Gasteiger partial charge is 0.280 e. The maximum Gasteiger partial charge on any atom is 0.280 e. The van der Waals surface area contributed by atoms with E-state index in [9.17, 15) is 13.6 Å².